The Hall–Kier alpha value is -1.62. The Morgan fingerprint density at radius 3 is 2.38 bits per heavy atom. The molecule has 0 amide bonds. The molecule has 1 N–H and O–H groups in total. The van der Waals surface area contributed by atoms with Gasteiger partial charge in [0.2, 0.25) is 0 Å². The van der Waals surface area contributed by atoms with Gasteiger partial charge in [-0.3, -0.25) is 4.79 Å². The van der Waals surface area contributed by atoms with Crippen LogP contribution in [-0.4, -0.2) is 15.6 Å². The van der Waals surface area contributed by atoms with Gasteiger partial charge in [0.15, 0.2) is 16.4 Å². The van der Waals surface area contributed by atoms with E-state index in [1.807, 2.05) is 0 Å². The SMILES string of the molecule is O=c1cc(NC2CCCCC2)n(C2CCCCC2)c2nc(Cl)c(F)cc12. The molecule has 140 valence electrons. The Bertz CT molecular complexity index is 854. The van der Waals surface area contributed by atoms with E-state index in [1.54, 1.807) is 6.07 Å². The van der Waals surface area contributed by atoms with Gasteiger partial charge < -0.3 is 9.88 Å². The second-order valence-electron chi connectivity index (χ2n) is 7.67. The van der Waals surface area contributed by atoms with Crippen molar-refractivity contribution in [2.24, 2.45) is 0 Å². The molecule has 0 aromatic carbocycles. The Balaban J connectivity index is 1.85. The molecule has 2 aromatic heterocycles. The zero-order valence-corrected chi connectivity index (χ0v) is 15.7. The van der Waals surface area contributed by atoms with Crippen LogP contribution in [0.1, 0.15) is 70.3 Å². The zero-order valence-electron chi connectivity index (χ0n) is 14.9. The van der Waals surface area contributed by atoms with Gasteiger partial charge in [-0.1, -0.05) is 50.1 Å². The summed E-state index contributed by atoms with van der Waals surface area (Å²) in [7, 11) is 0. The predicted octanol–water partition coefficient (Wildman–Crippen LogP) is 5.44. The minimum Gasteiger partial charge on any atom is -0.369 e. The molecule has 0 radical (unpaired) electrons. The lowest BCUT2D eigenvalue weighted by Crippen LogP contribution is -2.28. The van der Waals surface area contributed by atoms with Gasteiger partial charge in [-0.15, -0.1) is 0 Å². The lowest BCUT2D eigenvalue weighted by Gasteiger charge is -2.31. The lowest BCUT2D eigenvalue weighted by atomic mass is 9.94. The minimum atomic E-state index is -0.639. The fraction of sp³-hybridized carbons (Fsp3) is 0.600. The van der Waals surface area contributed by atoms with E-state index in [4.69, 9.17) is 11.6 Å². The number of halogens is 2. The highest BCUT2D eigenvalue weighted by Gasteiger charge is 2.24. The van der Waals surface area contributed by atoms with E-state index in [1.165, 1.54) is 31.7 Å². The van der Waals surface area contributed by atoms with Crippen LogP contribution in [0.25, 0.3) is 11.0 Å². The highest BCUT2D eigenvalue weighted by molar-refractivity contribution is 6.29. The molecule has 0 saturated heterocycles. The number of hydrogen-bond acceptors (Lipinski definition) is 3. The Kier molecular flexibility index (Phi) is 5.16. The maximum absolute atomic E-state index is 13.9. The van der Waals surface area contributed by atoms with Gasteiger partial charge in [-0.05, 0) is 31.7 Å². The Morgan fingerprint density at radius 2 is 1.69 bits per heavy atom. The van der Waals surface area contributed by atoms with E-state index in [9.17, 15) is 9.18 Å². The van der Waals surface area contributed by atoms with Crippen LogP contribution in [0.4, 0.5) is 10.2 Å². The van der Waals surface area contributed by atoms with Crippen molar-refractivity contribution in [3.8, 4) is 0 Å². The summed E-state index contributed by atoms with van der Waals surface area (Å²) in [6.45, 7) is 0. The molecule has 2 aliphatic rings. The van der Waals surface area contributed by atoms with E-state index < -0.39 is 5.82 Å². The maximum atomic E-state index is 13.9. The molecule has 0 unspecified atom stereocenters. The molecular weight excluding hydrogens is 353 g/mol. The van der Waals surface area contributed by atoms with Gasteiger partial charge in [0.1, 0.15) is 11.5 Å². The van der Waals surface area contributed by atoms with Gasteiger partial charge in [0.05, 0.1) is 5.39 Å². The van der Waals surface area contributed by atoms with Crippen molar-refractivity contribution < 1.29 is 4.39 Å². The van der Waals surface area contributed by atoms with Crippen molar-refractivity contribution in [3.63, 3.8) is 0 Å². The third-order valence-electron chi connectivity index (χ3n) is 5.83. The molecule has 2 fully saturated rings. The van der Waals surface area contributed by atoms with E-state index in [2.05, 4.69) is 14.9 Å². The quantitative estimate of drug-likeness (QED) is 0.724. The molecule has 2 heterocycles. The van der Waals surface area contributed by atoms with Gasteiger partial charge in [-0.25, -0.2) is 9.37 Å². The van der Waals surface area contributed by atoms with Crippen molar-refractivity contribution >= 4 is 28.5 Å². The highest BCUT2D eigenvalue weighted by atomic mass is 35.5. The largest absolute Gasteiger partial charge is 0.369 e. The molecule has 2 saturated carbocycles. The number of pyridine rings is 2. The van der Waals surface area contributed by atoms with E-state index in [0.717, 1.165) is 44.3 Å². The second kappa shape index (κ2) is 7.55. The molecule has 0 bridgehead atoms. The van der Waals surface area contributed by atoms with E-state index in [-0.39, 0.29) is 16.6 Å². The van der Waals surface area contributed by atoms with Crippen LogP contribution in [-0.2, 0) is 0 Å². The topological polar surface area (TPSA) is 46.9 Å². The third kappa shape index (κ3) is 3.46. The van der Waals surface area contributed by atoms with Crippen LogP contribution in [0, 0.1) is 5.82 Å². The van der Waals surface area contributed by atoms with Gasteiger partial charge in [0.25, 0.3) is 0 Å². The highest BCUT2D eigenvalue weighted by Crippen LogP contribution is 2.34. The number of rotatable bonds is 3. The predicted molar refractivity (Wildman–Crippen MR) is 104 cm³/mol. The van der Waals surface area contributed by atoms with Crippen molar-refractivity contribution in [2.45, 2.75) is 76.3 Å². The summed E-state index contributed by atoms with van der Waals surface area (Å²) < 4.78 is 16.0. The van der Waals surface area contributed by atoms with Crippen LogP contribution in [0.15, 0.2) is 16.9 Å². The molecular formula is C20H25ClFN3O. The van der Waals surface area contributed by atoms with Gasteiger partial charge in [-0.2, -0.15) is 0 Å². The van der Waals surface area contributed by atoms with Crippen molar-refractivity contribution in [2.75, 3.05) is 5.32 Å². The Labute approximate surface area is 157 Å². The molecule has 4 nitrogen and oxygen atoms in total. The monoisotopic (exact) mass is 377 g/mol. The maximum Gasteiger partial charge on any atom is 0.193 e. The number of aromatic nitrogens is 2. The number of hydrogen-bond donors (Lipinski definition) is 1. The van der Waals surface area contributed by atoms with Gasteiger partial charge >= 0.3 is 0 Å². The first-order chi connectivity index (χ1) is 12.6. The molecule has 0 spiro atoms. The molecule has 2 aliphatic carbocycles. The molecule has 4 rings (SSSR count). The summed E-state index contributed by atoms with van der Waals surface area (Å²) in [6.07, 6.45) is 11.6. The van der Waals surface area contributed by atoms with Crippen LogP contribution < -0.4 is 10.7 Å². The zero-order chi connectivity index (χ0) is 18.1. The standard InChI is InChI=1S/C20H25ClFN3O/c21-19-16(22)11-15-17(26)12-18(23-13-7-3-1-4-8-13)25(20(15)24-19)14-9-5-2-6-10-14/h11-14,23H,1-10H2. The van der Waals surface area contributed by atoms with Crippen LogP contribution in [0.5, 0.6) is 0 Å². The van der Waals surface area contributed by atoms with Gasteiger partial charge in [0, 0.05) is 18.2 Å². The number of anilines is 1. The van der Waals surface area contributed by atoms with Crippen LogP contribution in [0.3, 0.4) is 0 Å². The lowest BCUT2D eigenvalue weighted by molar-refractivity contribution is 0.358. The summed E-state index contributed by atoms with van der Waals surface area (Å²) in [6, 6.07) is 3.51. The first kappa shape index (κ1) is 17.8. The second-order valence-corrected chi connectivity index (χ2v) is 8.03. The van der Waals surface area contributed by atoms with Crippen LogP contribution in [0.2, 0.25) is 5.15 Å². The molecule has 6 heteroatoms. The smallest absolute Gasteiger partial charge is 0.193 e. The van der Waals surface area contributed by atoms with Crippen molar-refractivity contribution in [1.29, 1.82) is 0 Å². The summed E-state index contributed by atoms with van der Waals surface area (Å²) in [5.41, 5.74) is 0.308. The third-order valence-corrected chi connectivity index (χ3v) is 6.10. The summed E-state index contributed by atoms with van der Waals surface area (Å²) in [5, 5.41) is 3.74. The van der Waals surface area contributed by atoms with Crippen molar-refractivity contribution in [3.05, 3.63) is 33.3 Å². The first-order valence-electron chi connectivity index (χ1n) is 9.81. The van der Waals surface area contributed by atoms with Crippen LogP contribution >= 0.6 is 11.6 Å². The first-order valence-corrected chi connectivity index (χ1v) is 10.2. The molecule has 0 atom stereocenters. The van der Waals surface area contributed by atoms with E-state index in [0.29, 0.717) is 17.1 Å². The number of fused-ring (bicyclic) bond motifs is 1. The molecule has 26 heavy (non-hydrogen) atoms. The Morgan fingerprint density at radius 1 is 1.04 bits per heavy atom. The fourth-order valence-electron chi connectivity index (χ4n) is 4.48. The fourth-order valence-corrected chi connectivity index (χ4v) is 4.62. The summed E-state index contributed by atoms with van der Waals surface area (Å²) in [5.74, 6) is 0.177. The number of nitrogens with zero attached hydrogens (tertiary/aromatic N) is 2. The average Bonchev–Trinajstić information content (AvgIpc) is 2.65. The van der Waals surface area contributed by atoms with Crippen molar-refractivity contribution in [1.82, 2.24) is 9.55 Å². The molecule has 2 aromatic rings. The minimum absolute atomic E-state index is 0.170. The molecule has 0 aliphatic heterocycles. The average molecular weight is 378 g/mol. The summed E-state index contributed by atoms with van der Waals surface area (Å²) >= 11 is 5.97. The van der Waals surface area contributed by atoms with E-state index >= 15 is 0 Å². The summed E-state index contributed by atoms with van der Waals surface area (Å²) in [4.78, 5) is 16.9. The normalized spacial score (nSPS) is 19.8. The number of nitrogens with one attached hydrogen (secondary N) is 1.